The molecule has 5 rings (SSSR count). The predicted molar refractivity (Wildman–Crippen MR) is 118 cm³/mol. The van der Waals surface area contributed by atoms with Gasteiger partial charge in [-0.05, 0) is 44.0 Å². The van der Waals surface area contributed by atoms with Gasteiger partial charge in [-0.2, -0.15) is 15.0 Å². The SMILES string of the molecule is Cc1ccc(-n2nccn2)c(C(=O)N2CCC[C@H]2c2cc(-c3ccccc3OC(F)(F)F)on2)c1. The number of hydrogen-bond acceptors (Lipinski definition) is 6. The van der Waals surface area contributed by atoms with Gasteiger partial charge in [0.15, 0.2) is 5.76 Å². The molecule has 1 fully saturated rings. The van der Waals surface area contributed by atoms with E-state index >= 15 is 0 Å². The molecule has 1 amide bonds. The second-order valence-electron chi connectivity index (χ2n) is 8.16. The molecule has 2 aromatic carbocycles. The molecule has 3 heterocycles. The van der Waals surface area contributed by atoms with E-state index in [1.54, 1.807) is 29.2 Å². The third-order valence-corrected chi connectivity index (χ3v) is 5.78. The number of halogens is 3. The minimum atomic E-state index is -4.84. The van der Waals surface area contributed by atoms with Crippen LogP contribution in [0.5, 0.6) is 5.75 Å². The summed E-state index contributed by atoms with van der Waals surface area (Å²) in [7, 11) is 0. The summed E-state index contributed by atoms with van der Waals surface area (Å²) in [6.07, 6.45) is -0.399. The van der Waals surface area contributed by atoms with Gasteiger partial charge < -0.3 is 14.2 Å². The Morgan fingerprint density at radius 1 is 1.11 bits per heavy atom. The normalized spacial score (nSPS) is 16.0. The maximum absolute atomic E-state index is 13.6. The molecule has 0 saturated carbocycles. The van der Waals surface area contributed by atoms with Crippen LogP contribution in [0.3, 0.4) is 0 Å². The number of para-hydroxylation sites is 1. The number of amides is 1. The van der Waals surface area contributed by atoms with Crippen LogP contribution < -0.4 is 4.74 Å². The molecule has 0 unspecified atom stereocenters. The largest absolute Gasteiger partial charge is 0.573 e. The molecule has 1 atom stereocenters. The number of aryl methyl sites for hydroxylation is 1. The average molecular weight is 483 g/mol. The van der Waals surface area contributed by atoms with Gasteiger partial charge in [0.2, 0.25) is 0 Å². The first-order chi connectivity index (χ1) is 16.8. The van der Waals surface area contributed by atoms with Gasteiger partial charge in [-0.3, -0.25) is 4.79 Å². The zero-order chi connectivity index (χ0) is 24.6. The van der Waals surface area contributed by atoms with Gasteiger partial charge in [0.05, 0.1) is 35.2 Å². The second kappa shape index (κ2) is 8.90. The highest BCUT2D eigenvalue weighted by Crippen LogP contribution is 2.38. The number of alkyl halides is 3. The number of carbonyl (C=O) groups is 1. The average Bonchev–Trinajstić information content (AvgIpc) is 3.59. The second-order valence-corrected chi connectivity index (χ2v) is 8.16. The summed E-state index contributed by atoms with van der Waals surface area (Å²) >= 11 is 0. The fourth-order valence-electron chi connectivity index (χ4n) is 4.26. The van der Waals surface area contributed by atoms with Gasteiger partial charge >= 0.3 is 6.36 Å². The fraction of sp³-hybridized carbons (Fsp3) is 0.250. The Morgan fingerprint density at radius 3 is 2.66 bits per heavy atom. The highest BCUT2D eigenvalue weighted by molar-refractivity contribution is 5.98. The van der Waals surface area contributed by atoms with E-state index in [1.165, 1.54) is 35.4 Å². The van der Waals surface area contributed by atoms with E-state index in [0.29, 0.717) is 29.9 Å². The topological polar surface area (TPSA) is 86.3 Å². The molecule has 35 heavy (non-hydrogen) atoms. The van der Waals surface area contributed by atoms with Crippen molar-refractivity contribution >= 4 is 5.91 Å². The number of ether oxygens (including phenoxy) is 1. The fourth-order valence-corrected chi connectivity index (χ4v) is 4.26. The van der Waals surface area contributed by atoms with Gasteiger partial charge in [-0.15, -0.1) is 13.2 Å². The summed E-state index contributed by atoms with van der Waals surface area (Å²) in [6, 6.07) is 12.3. The Hall–Kier alpha value is -4.15. The van der Waals surface area contributed by atoms with E-state index in [2.05, 4.69) is 20.1 Å². The van der Waals surface area contributed by atoms with Crippen molar-refractivity contribution < 1.29 is 27.2 Å². The third kappa shape index (κ3) is 4.61. The summed E-state index contributed by atoms with van der Waals surface area (Å²) in [5.74, 6) is -0.483. The number of likely N-dealkylation sites (tertiary alicyclic amines) is 1. The smallest absolute Gasteiger partial charge is 0.405 e. The van der Waals surface area contributed by atoms with Crippen LogP contribution in [-0.4, -0.2) is 43.9 Å². The zero-order valence-electron chi connectivity index (χ0n) is 18.6. The maximum Gasteiger partial charge on any atom is 0.573 e. The van der Waals surface area contributed by atoms with E-state index in [-0.39, 0.29) is 17.2 Å². The molecule has 8 nitrogen and oxygen atoms in total. The first kappa shape index (κ1) is 22.6. The molecule has 0 N–H and O–H groups in total. The van der Waals surface area contributed by atoms with Crippen LogP contribution in [0.15, 0.2) is 65.4 Å². The number of hydrogen-bond donors (Lipinski definition) is 0. The Morgan fingerprint density at radius 2 is 1.89 bits per heavy atom. The molecular weight excluding hydrogens is 463 g/mol. The minimum absolute atomic E-state index is 0.116. The molecule has 11 heteroatoms. The lowest BCUT2D eigenvalue weighted by Crippen LogP contribution is -2.31. The van der Waals surface area contributed by atoms with E-state index in [4.69, 9.17) is 4.52 Å². The van der Waals surface area contributed by atoms with Crippen LogP contribution in [0.25, 0.3) is 17.0 Å². The van der Waals surface area contributed by atoms with Crippen LogP contribution in [0.4, 0.5) is 13.2 Å². The van der Waals surface area contributed by atoms with Crippen LogP contribution in [0, 0.1) is 6.92 Å². The van der Waals surface area contributed by atoms with Crippen molar-refractivity contribution in [2.24, 2.45) is 0 Å². The van der Waals surface area contributed by atoms with Gasteiger partial charge in [-0.1, -0.05) is 28.9 Å². The standard InChI is InChI=1S/C24H20F3N5O3/c1-15-8-9-19(32-28-10-11-29-32)17(13-15)23(33)31-12-4-6-20(31)18-14-22(35-30-18)16-5-2-3-7-21(16)34-24(25,26)27/h2-3,5,7-11,13-14,20H,4,6,12H2,1H3/t20-/m0/s1. The Balaban J connectivity index is 1.45. The van der Waals surface area contributed by atoms with Crippen molar-refractivity contribution in [3.63, 3.8) is 0 Å². The first-order valence-electron chi connectivity index (χ1n) is 10.9. The van der Waals surface area contributed by atoms with Gasteiger partial charge in [-0.25, -0.2) is 0 Å². The molecule has 1 aliphatic rings. The zero-order valence-corrected chi connectivity index (χ0v) is 18.6. The van der Waals surface area contributed by atoms with Crippen molar-refractivity contribution in [1.29, 1.82) is 0 Å². The molecule has 1 saturated heterocycles. The number of benzene rings is 2. The summed E-state index contributed by atoms with van der Waals surface area (Å²) in [4.78, 5) is 16.7. The van der Waals surface area contributed by atoms with Crippen molar-refractivity contribution in [3.05, 3.63) is 77.7 Å². The van der Waals surface area contributed by atoms with Gasteiger partial charge in [0, 0.05) is 12.6 Å². The summed E-state index contributed by atoms with van der Waals surface area (Å²) < 4.78 is 48.0. The summed E-state index contributed by atoms with van der Waals surface area (Å²) in [6.45, 7) is 2.39. The molecule has 0 spiro atoms. The highest BCUT2D eigenvalue weighted by Gasteiger charge is 2.35. The summed E-state index contributed by atoms with van der Waals surface area (Å²) in [5, 5.41) is 12.4. The van der Waals surface area contributed by atoms with Crippen molar-refractivity contribution in [1.82, 2.24) is 25.1 Å². The van der Waals surface area contributed by atoms with Crippen LogP contribution >= 0.6 is 0 Å². The Kier molecular flexibility index (Phi) is 5.75. The van der Waals surface area contributed by atoms with Crippen molar-refractivity contribution in [3.8, 4) is 22.8 Å². The first-order valence-corrected chi connectivity index (χ1v) is 10.9. The molecular formula is C24H20F3N5O3. The quantitative estimate of drug-likeness (QED) is 0.392. The monoisotopic (exact) mass is 483 g/mol. The number of nitrogens with zero attached hydrogens (tertiary/aromatic N) is 5. The number of rotatable bonds is 5. The van der Waals surface area contributed by atoms with Crippen LogP contribution in [0.2, 0.25) is 0 Å². The van der Waals surface area contributed by atoms with Crippen LogP contribution in [0.1, 0.15) is 40.5 Å². The van der Waals surface area contributed by atoms with E-state index < -0.39 is 18.2 Å². The minimum Gasteiger partial charge on any atom is -0.405 e. The van der Waals surface area contributed by atoms with Crippen molar-refractivity contribution in [2.45, 2.75) is 32.2 Å². The summed E-state index contributed by atoms with van der Waals surface area (Å²) in [5.41, 5.74) is 2.48. The highest BCUT2D eigenvalue weighted by atomic mass is 19.4. The molecule has 2 aromatic heterocycles. The van der Waals surface area contributed by atoms with E-state index in [1.807, 2.05) is 13.0 Å². The maximum atomic E-state index is 13.6. The lowest BCUT2D eigenvalue weighted by Gasteiger charge is -2.24. The molecule has 0 bridgehead atoms. The Labute approximate surface area is 197 Å². The van der Waals surface area contributed by atoms with Crippen molar-refractivity contribution in [2.75, 3.05) is 6.54 Å². The number of carbonyl (C=O) groups excluding carboxylic acids is 1. The molecule has 4 aromatic rings. The lowest BCUT2D eigenvalue weighted by atomic mass is 10.1. The molecule has 180 valence electrons. The number of aromatic nitrogens is 4. The molecule has 0 radical (unpaired) electrons. The Bertz CT molecular complexity index is 1350. The van der Waals surface area contributed by atoms with Crippen LogP contribution in [-0.2, 0) is 0 Å². The lowest BCUT2D eigenvalue weighted by molar-refractivity contribution is -0.274. The van der Waals surface area contributed by atoms with E-state index in [0.717, 1.165) is 12.0 Å². The molecule has 0 aliphatic carbocycles. The van der Waals surface area contributed by atoms with E-state index in [9.17, 15) is 18.0 Å². The predicted octanol–water partition coefficient (Wildman–Crippen LogP) is 5.11. The van der Waals surface area contributed by atoms with Gasteiger partial charge in [0.25, 0.3) is 5.91 Å². The third-order valence-electron chi connectivity index (χ3n) is 5.78. The molecule has 1 aliphatic heterocycles. The van der Waals surface area contributed by atoms with Gasteiger partial charge in [0.1, 0.15) is 11.4 Å².